The molecule has 138 valence electrons. The minimum absolute atomic E-state index is 0.0486. The number of hydrogen-bond acceptors (Lipinski definition) is 3. The van der Waals surface area contributed by atoms with Crippen LogP contribution in [0.15, 0.2) is 24.3 Å². The van der Waals surface area contributed by atoms with Gasteiger partial charge in [-0.1, -0.05) is 25.5 Å². The summed E-state index contributed by atoms with van der Waals surface area (Å²) in [7, 11) is 0. The molecule has 2 N–H and O–H groups in total. The first-order chi connectivity index (χ1) is 11.7. The van der Waals surface area contributed by atoms with Crippen molar-refractivity contribution >= 4 is 5.78 Å². The SMILES string of the molecule is C=CC[C@@]1(O)CC[C@@]2(O)[C@@H]3CCC4=CC(=O)CC[C@]4(C)[C@H]3CC[C@]12C. The van der Waals surface area contributed by atoms with Crippen molar-refractivity contribution in [3.63, 3.8) is 0 Å². The highest BCUT2D eigenvalue weighted by Gasteiger charge is 2.70. The van der Waals surface area contributed by atoms with E-state index in [0.29, 0.717) is 31.6 Å². The van der Waals surface area contributed by atoms with Crippen molar-refractivity contribution in [1.82, 2.24) is 0 Å². The van der Waals surface area contributed by atoms with Gasteiger partial charge in [0, 0.05) is 11.8 Å². The highest BCUT2D eigenvalue weighted by atomic mass is 16.3. The number of allylic oxidation sites excluding steroid dienone is 1. The molecule has 3 heteroatoms. The summed E-state index contributed by atoms with van der Waals surface area (Å²) in [5, 5.41) is 23.2. The first kappa shape index (κ1) is 17.5. The highest BCUT2D eigenvalue weighted by Crippen LogP contribution is 2.69. The molecule has 3 saturated carbocycles. The van der Waals surface area contributed by atoms with Crippen LogP contribution in [0.2, 0.25) is 0 Å². The number of carbonyl (C=O) groups is 1. The van der Waals surface area contributed by atoms with Crippen molar-refractivity contribution in [3.05, 3.63) is 24.3 Å². The summed E-state index contributed by atoms with van der Waals surface area (Å²) in [6.07, 6.45) is 10.9. The lowest BCUT2D eigenvalue weighted by molar-refractivity contribution is -0.217. The molecule has 25 heavy (non-hydrogen) atoms. The van der Waals surface area contributed by atoms with Gasteiger partial charge in [-0.2, -0.15) is 0 Å². The molecule has 0 aliphatic heterocycles. The molecular weight excluding hydrogens is 312 g/mol. The average Bonchev–Trinajstić information content (AvgIpc) is 2.77. The first-order valence-electron chi connectivity index (χ1n) is 10.00. The molecule has 0 radical (unpaired) electrons. The van der Waals surface area contributed by atoms with Crippen LogP contribution >= 0.6 is 0 Å². The van der Waals surface area contributed by atoms with Crippen LogP contribution in [0.5, 0.6) is 0 Å². The third kappa shape index (κ3) is 2.03. The van der Waals surface area contributed by atoms with E-state index in [1.165, 1.54) is 5.57 Å². The summed E-state index contributed by atoms with van der Waals surface area (Å²) < 4.78 is 0. The molecule has 0 aromatic rings. The maximum absolute atomic E-state index is 11.9. The maximum Gasteiger partial charge on any atom is 0.155 e. The van der Waals surface area contributed by atoms with E-state index in [-0.39, 0.29) is 17.1 Å². The molecule has 3 fully saturated rings. The van der Waals surface area contributed by atoms with E-state index in [4.69, 9.17) is 0 Å². The molecule has 0 unspecified atom stereocenters. The Morgan fingerprint density at radius 2 is 1.88 bits per heavy atom. The Bertz CT molecular complexity index is 652. The highest BCUT2D eigenvalue weighted by molar-refractivity contribution is 5.91. The summed E-state index contributed by atoms with van der Waals surface area (Å²) in [6.45, 7) is 8.26. The van der Waals surface area contributed by atoms with Crippen molar-refractivity contribution in [2.24, 2.45) is 22.7 Å². The van der Waals surface area contributed by atoms with Gasteiger partial charge in [0.25, 0.3) is 0 Å². The Kier molecular flexibility index (Phi) is 3.70. The van der Waals surface area contributed by atoms with Gasteiger partial charge >= 0.3 is 0 Å². The van der Waals surface area contributed by atoms with Crippen LogP contribution in [0.1, 0.15) is 71.6 Å². The van der Waals surface area contributed by atoms with Gasteiger partial charge in [0.05, 0.1) is 11.2 Å². The van der Waals surface area contributed by atoms with Crippen molar-refractivity contribution < 1.29 is 15.0 Å². The average molecular weight is 344 g/mol. The van der Waals surface area contributed by atoms with Crippen molar-refractivity contribution in [1.29, 1.82) is 0 Å². The molecule has 0 aromatic carbocycles. The number of fused-ring (bicyclic) bond motifs is 5. The van der Waals surface area contributed by atoms with E-state index >= 15 is 0 Å². The number of hydrogen-bond donors (Lipinski definition) is 2. The van der Waals surface area contributed by atoms with Crippen LogP contribution < -0.4 is 0 Å². The van der Waals surface area contributed by atoms with Crippen LogP contribution in [-0.2, 0) is 4.79 Å². The second-order valence-corrected chi connectivity index (χ2v) is 9.62. The molecule has 0 saturated heterocycles. The van der Waals surface area contributed by atoms with Crippen LogP contribution in [0.25, 0.3) is 0 Å². The molecule has 3 nitrogen and oxygen atoms in total. The van der Waals surface area contributed by atoms with Crippen molar-refractivity contribution in [3.8, 4) is 0 Å². The predicted octanol–water partition coefficient (Wildman–Crippen LogP) is 3.94. The fourth-order valence-electron chi connectivity index (χ4n) is 7.21. The maximum atomic E-state index is 11.9. The summed E-state index contributed by atoms with van der Waals surface area (Å²) in [6, 6.07) is 0. The fourth-order valence-corrected chi connectivity index (χ4v) is 7.21. The first-order valence-corrected chi connectivity index (χ1v) is 10.00. The quantitative estimate of drug-likeness (QED) is 0.746. The molecule has 0 bridgehead atoms. The van der Waals surface area contributed by atoms with E-state index in [1.807, 2.05) is 6.08 Å². The normalized spacial score (nSPS) is 52.0. The minimum Gasteiger partial charge on any atom is -0.389 e. The Labute approximate surface area is 151 Å². The van der Waals surface area contributed by atoms with Gasteiger partial charge in [0.2, 0.25) is 0 Å². The smallest absolute Gasteiger partial charge is 0.155 e. The Morgan fingerprint density at radius 1 is 1.12 bits per heavy atom. The van der Waals surface area contributed by atoms with Gasteiger partial charge in [-0.25, -0.2) is 0 Å². The zero-order valence-corrected chi connectivity index (χ0v) is 15.7. The second kappa shape index (κ2) is 5.29. The molecule has 0 heterocycles. The Balaban J connectivity index is 1.73. The lowest BCUT2D eigenvalue weighted by atomic mass is 9.44. The second-order valence-electron chi connectivity index (χ2n) is 9.62. The molecular formula is C22H32O3. The summed E-state index contributed by atoms with van der Waals surface area (Å²) >= 11 is 0. The predicted molar refractivity (Wildman–Crippen MR) is 97.9 cm³/mol. The van der Waals surface area contributed by atoms with Gasteiger partial charge in [0.15, 0.2) is 5.78 Å². The molecule has 6 atom stereocenters. The molecule has 4 aliphatic rings. The van der Waals surface area contributed by atoms with E-state index in [2.05, 4.69) is 20.4 Å². The molecule has 0 amide bonds. The lowest BCUT2D eigenvalue weighted by Crippen LogP contribution is -2.64. The number of carbonyl (C=O) groups excluding carboxylic acids is 1. The standard InChI is InChI=1S/C22H32O3/c1-4-9-21(24)12-13-22(25)18-6-5-15-14-16(23)7-10-19(15,2)17(18)8-11-20(21,22)3/h4,14,17-18,24-25H,1,5-13H2,2-3H3/t17-,18+,19-,20+,21+,22+/m0/s1. The van der Waals surface area contributed by atoms with Crippen molar-refractivity contribution in [2.45, 2.75) is 82.8 Å². The van der Waals surface area contributed by atoms with E-state index < -0.39 is 16.6 Å². The van der Waals surface area contributed by atoms with Crippen molar-refractivity contribution in [2.75, 3.05) is 0 Å². The molecule has 4 rings (SSSR count). The van der Waals surface area contributed by atoms with Gasteiger partial charge in [0.1, 0.15) is 0 Å². The third-order valence-corrected chi connectivity index (χ3v) is 8.94. The number of rotatable bonds is 2. The van der Waals surface area contributed by atoms with E-state index in [9.17, 15) is 15.0 Å². The zero-order chi connectivity index (χ0) is 18.1. The number of aliphatic hydroxyl groups is 2. The third-order valence-electron chi connectivity index (χ3n) is 8.94. The molecule has 0 aromatic heterocycles. The van der Waals surface area contributed by atoms with Gasteiger partial charge < -0.3 is 10.2 Å². The Hall–Kier alpha value is -0.930. The van der Waals surface area contributed by atoms with Crippen LogP contribution in [-0.4, -0.2) is 27.2 Å². The lowest BCUT2D eigenvalue weighted by Gasteiger charge is -2.62. The number of ketones is 1. The summed E-state index contributed by atoms with van der Waals surface area (Å²) in [5.41, 5.74) is -0.737. The van der Waals surface area contributed by atoms with Crippen LogP contribution in [0.3, 0.4) is 0 Å². The fraction of sp³-hybridized carbons (Fsp3) is 0.773. The van der Waals surface area contributed by atoms with Gasteiger partial charge in [-0.15, -0.1) is 6.58 Å². The summed E-state index contributed by atoms with van der Waals surface area (Å²) in [5.74, 6) is 0.914. The Morgan fingerprint density at radius 3 is 2.60 bits per heavy atom. The molecule has 0 spiro atoms. The largest absolute Gasteiger partial charge is 0.389 e. The zero-order valence-electron chi connectivity index (χ0n) is 15.7. The van der Waals surface area contributed by atoms with E-state index in [1.54, 1.807) is 6.08 Å². The summed E-state index contributed by atoms with van der Waals surface area (Å²) in [4.78, 5) is 11.9. The minimum atomic E-state index is -0.839. The van der Waals surface area contributed by atoms with Crippen LogP contribution in [0.4, 0.5) is 0 Å². The van der Waals surface area contributed by atoms with Crippen LogP contribution in [0, 0.1) is 22.7 Å². The van der Waals surface area contributed by atoms with Gasteiger partial charge in [-0.3, -0.25) is 4.79 Å². The van der Waals surface area contributed by atoms with Gasteiger partial charge in [-0.05, 0) is 74.7 Å². The monoisotopic (exact) mass is 344 g/mol. The van der Waals surface area contributed by atoms with E-state index in [0.717, 1.165) is 32.1 Å². The molecule has 4 aliphatic carbocycles. The topological polar surface area (TPSA) is 57.5 Å².